The highest BCUT2D eigenvalue weighted by atomic mass is 16.6. The molecule has 1 N–H and O–H groups in total. The highest BCUT2D eigenvalue weighted by molar-refractivity contribution is 5.81. The van der Waals surface area contributed by atoms with E-state index in [2.05, 4.69) is 10.4 Å². The van der Waals surface area contributed by atoms with Crippen molar-refractivity contribution in [1.82, 2.24) is 15.1 Å². The first-order chi connectivity index (χ1) is 9.77. The van der Waals surface area contributed by atoms with Crippen molar-refractivity contribution >= 4 is 12.1 Å². The molecule has 0 radical (unpaired) electrons. The molecule has 1 aliphatic carbocycles. The number of aromatic nitrogens is 2. The SMILES string of the molecule is COC(=O)C1(n2ccc(CNC(=O)OC(C)(C)C)n2)CC1. The van der Waals surface area contributed by atoms with Crippen LogP contribution in [0.5, 0.6) is 0 Å². The largest absolute Gasteiger partial charge is 0.467 e. The van der Waals surface area contributed by atoms with Crippen molar-refractivity contribution in [3.05, 3.63) is 18.0 Å². The fourth-order valence-electron chi connectivity index (χ4n) is 2.01. The third-order valence-corrected chi connectivity index (χ3v) is 3.18. The highest BCUT2D eigenvalue weighted by Gasteiger charge is 2.54. The van der Waals surface area contributed by atoms with Crippen LogP contribution in [-0.2, 0) is 26.4 Å². The second-order valence-electron chi connectivity index (χ2n) is 6.13. The summed E-state index contributed by atoms with van der Waals surface area (Å²) in [5.74, 6) is -0.280. The second-order valence-corrected chi connectivity index (χ2v) is 6.13. The maximum atomic E-state index is 11.8. The molecular formula is C14H21N3O4. The van der Waals surface area contributed by atoms with Gasteiger partial charge in [-0.1, -0.05) is 0 Å². The van der Waals surface area contributed by atoms with Crippen LogP contribution in [0.4, 0.5) is 4.79 Å². The summed E-state index contributed by atoms with van der Waals surface area (Å²) < 4.78 is 11.6. The van der Waals surface area contributed by atoms with Gasteiger partial charge in [0, 0.05) is 6.20 Å². The quantitative estimate of drug-likeness (QED) is 0.853. The van der Waals surface area contributed by atoms with Crippen LogP contribution in [0.3, 0.4) is 0 Å². The summed E-state index contributed by atoms with van der Waals surface area (Å²) in [5.41, 5.74) is -0.526. The van der Waals surface area contributed by atoms with E-state index in [1.54, 1.807) is 37.7 Å². The van der Waals surface area contributed by atoms with Crippen molar-refractivity contribution in [3.8, 4) is 0 Å². The number of methoxy groups -OCH3 is 1. The Balaban J connectivity index is 1.93. The Morgan fingerprint density at radius 2 is 2.10 bits per heavy atom. The molecule has 1 aromatic rings. The summed E-state index contributed by atoms with van der Waals surface area (Å²) in [5, 5.41) is 6.96. The van der Waals surface area contributed by atoms with Gasteiger partial charge in [0.25, 0.3) is 0 Å². The molecule has 1 saturated carbocycles. The predicted molar refractivity (Wildman–Crippen MR) is 74.5 cm³/mol. The molecule has 1 aromatic heterocycles. The lowest BCUT2D eigenvalue weighted by Crippen LogP contribution is -2.32. The van der Waals surface area contributed by atoms with Crippen LogP contribution in [0.2, 0.25) is 0 Å². The molecule has 0 aromatic carbocycles. The minimum Gasteiger partial charge on any atom is -0.467 e. The number of carbonyl (C=O) groups excluding carboxylic acids is 2. The molecule has 0 unspecified atom stereocenters. The van der Waals surface area contributed by atoms with Gasteiger partial charge in [-0.2, -0.15) is 5.10 Å². The molecule has 21 heavy (non-hydrogen) atoms. The number of alkyl carbamates (subject to hydrolysis) is 1. The summed E-state index contributed by atoms with van der Waals surface area (Å²) in [4.78, 5) is 23.3. The average molecular weight is 295 g/mol. The van der Waals surface area contributed by atoms with Gasteiger partial charge in [0.1, 0.15) is 5.60 Å². The summed E-state index contributed by atoms with van der Waals surface area (Å²) in [6.45, 7) is 5.65. The molecule has 2 rings (SSSR count). The topological polar surface area (TPSA) is 82.5 Å². The lowest BCUT2D eigenvalue weighted by Gasteiger charge is -2.19. The van der Waals surface area contributed by atoms with Crippen molar-refractivity contribution in [1.29, 1.82) is 0 Å². The molecule has 0 aliphatic heterocycles. The molecule has 1 aliphatic rings. The average Bonchev–Trinajstić information content (AvgIpc) is 3.06. The molecule has 0 bridgehead atoms. The first-order valence-electron chi connectivity index (χ1n) is 6.87. The zero-order valence-corrected chi connectivity index (χ0v) is 12.8. The number of hydrogen-bond donors (Lipinski definition) is 1. The Bertz CT molecular complexity index is 541. The lowest BCUT2D eigenvalue weighted by atomic mass is 10.2. The number of nitrogens with one attached hydrogen (secondary N) is 1. The zero-order valence-electron chi connectivity index (χ0n) is 12.8. The fraction of sp³-hybridized carbons (Fsp3) is 0.643. The summed E-state index contributed by atoms with van der Waals surface area (Å²) in [6.07, 6.45) is 2.68. The van der Waals surface area contributed by atoms with E-state index in [9.17, 15) is 9.59 Å². The number of ether oxygens (including phenoxy) is 2. The van der Waals surface area contributed by atoms with Crippen LogP contribution in [0.25, 0.3) is 0 Å². The summed E-state index contributed by atoms with van der Waals surface area (Å²) in [6, 6.07) is 1.76. The third kappa shape index (κ3) is 3.53. The highest BCUT2D eigenvalue weighted by Crippen LogP contribution is 2.44. The van der Waals surface area contributed by atoms with Crippen LogP contribution < -0.4 is 5.32 Å². The molecular weight excluding hydrogens is 274 g/mol. The number of amides is 1. The number of carbonyl (C=O) groups is 2. The monoisotopic (exact) mass is 295 g/mol. The van der Waals surface area contributed by atoms with Gasteiger partial charge < -0.3 is 14.8 Å². The van der Waals surface area contributed by atoms with Crippen LogP contribution >= 0.6 is 0 Å². The Labute approximate surface area is 123 Å². The first kappa shape index (κ1) is 15.3. The maximum Gasteiger partial charge on any atom is 0.407 e. The first-order valence-corrected chi connectivity index (χ1v) is 6.87. The molecule has 1 fully saturated rings. The van der Waals surface area contributed by atoms with Gasteiger partial charge in [0.2, 0.25) is 0 Å². The lowest BCUT2D eigenvalue weighted by molar-refractivity contribution is -0.146. The standard InChI is InChI=1S/C14H21N3O4/c1-13(2,3)21-12(19)15-9-10-5-8-17(16-10)14(6-7-14)11(18)20-4/h5,8H,6-7,9H2,1-4H3,(H,15,19). The van der Waals surface area contributed by atoms with Gasteiger partial charge in [-0.15, -0.1) is 0 Å². The molecule has 1 amide bonds. The fourth-order valence-corrected chi connectivity index (χ4v) is 2.01. The molecule has 0 saturated heterocycles. The summed E-state index contributed by atoms with van der Waals surface area (Å²) >= 11 is 0. The Kier molecular flexibility index (Phi) is 3.93. The van der Waals surface area contributed by atoms with Crippen molar-refractivity contribution in [2.75, 3.05) is 7.11 Å². The van der Waals surface area contributed by atoms with E-state index in [0.29, 0.717) is 5.69 Å². The van der Waals surface area contributed by atoms with E-state index in [1.165, 1.54) is 7.11 Å². The number of esters is 1. The minimum absolute atomic E-state index is 0.249. The minimum atomic E-state index is -0.654. The number of nitrogens with zero attached hydrogens (tertiary/aromatic N) is 2. The number of rotatable bonds is 4. The second kappa shape index (κ2) is 5.38. The van der Waals surface area contributed by atoms with Crippen LogP contribution in [0.1, 0.15) is 39.3 Å². The van der Waals surface area contributed by atoms with Crippen LogP contribution in [0, 0.1) is 0 Å². The van der Waals surface area contributed by atoms with Gasteiger partial charge >= 0.3 is 12.1 Å². The Morgan fingerprint density at radius 1 is 1.43 bits per heavy atom. The van der Waals surface area contributed by atoms with Crippen molar-refractivity contribution in [2.24, 2.45) is 0 Å². The van der Waals surface area contributed by atoms with E-state index in [-0.39, 0.29) is 12.5 Å². The summed E-state index contributed by atoms with van der Waals surface area (Å²) in [7, 11) is 1.37. The van der Waals surface area contributed by atoms with Crippen molar-refractivity contribution in [3.63, 3.8) is 0 Å². The Hall–Kier alpha value is -2.05. The third-order valence-electron chi connectivity index (χ3n) is 3.18. The van der Waals surface area contributed by atoms with E-state index in [0.717, 1.165) is 12.8 Å². The van der Waals surface area contributed by atoms with Crippen molar-refractivity contribution in [2.45, 2.75) is 51.3 Å². The molecule has 7 heteroatoms. The van der Waals surface area contributed by atoms with Crippen molar-refractivity contribution < 1.29 is 19.1 Å². The van der Waals surface area contributed by atoms with E-state index < -0.39 is 17.2 Å². The van der Waals surface area contributed by atoms with E-state index >= 15 is 0 Å². The van der Waals surface area contributed by atoms with Gasteiger partial charge in [-0.05, 0) is 39.7 Å². The van der Waals surface area contributed by atoms with Crippen LogP contribution in [0.15, 0.2) is 12.3 Å². The van der Waals surface area contributed by atoms with E-state index in [1.807, 2.05) is 0 Å². The smallest absolute Gasteiger partial charge is 0.407 e. The van der Waals surface area contributed by atoms with Gasteiger partial charge in [0.15, 0.2) is 5.54 Å². The van der Waals surface area contributed by atoms with Gasteiger partial charge in [-0.3, -0.25) is 4.68 Å². The zero-order chi connectivity index (χ0) is 15.7. The predicted octanol–water partition coefficient (Wildman–Crippen LogP) is 1.57. The van der Waals surface area contributed by atoms with E-state index in [4.69, 9.17) is 9.47 Å². The number of hydrogen-bond acceptors (Lipinski definition) is 5. The van der Waals surface area contributed by atoms with Gasteiger partial charge in [0.05, 0.1) is 19.3 Å². The molecule has 116 valence electrons. The normalized spacial score (nSPS) is 16.2. The molecule has 0 spiro atoms. The Morgan fingerprint density at radius 3 is 2.62 bits per heavy atom. The van der Waals surface area contributed by atoms with Crippen LogP contribution in [-0.4, -0.2) is 34.6 Å². The molecule has 0 atom stereocenters. The molecule has 7 nitrogen and oxygen atoms in total. The maximum absolute atomic E-state index is 11.8. The van der Waals surface area contributed by atoms with Gasteiger partial charge in [-0.25, -0.2) is 9.59 Å². The molecule has 1 heterocycles.